The van der Waals surface area contributed by atoms with Crippen LogP contribution in [0.15, 0.2) is 35.4 Å². The molecule has 0 aliphatic rings. The first-order chi connectivity index (χ1) is 7.40. The van der Waals surface area contributed by atoms with Crippen LogP contribution in [0, 0.1) is 0 Å². The molecule has 2 aromatic rings. The lowest BCUT2D eigenvalue weighted by molar-refractivity contribution is 0.541. The van der Waals surface area contributed by atoms with Crippen LogP contribution in [0.1, 0.15) is 17.3 Å². The average Bonchev–Trinajstić information content (AvgIpc) is 2.81. The van der Waals surface area contributed by atoms with Gasteiger partial charge in [-0.2, -0.15) is 0 Å². The van der Waals surface area contributed by atoms with Crippen molar-refractivity contribution < 1.29 is 0 Å². The SMILES string of the molecule is NNC(Cc1ccncc1)c1cscn1. The molecule has 0 radical (unpaired) electrons. The number of nitrogens with zero attached hydrogens (tertiary/aromatic N) is 2. The van der Waals surface area contributed by atoms with Crippen molar-refractivity contribution in [2.24, 2.45) is 5.84 Å². The van der Waals surface area contributed by atoms with Gasteiger partial charge in [-0.05, 0) is 24.1 Å². The predicted molar refractivity (Wildman–Crippen MR) is 60.1 cm³/mol. The van der Waals surface area contributed by atoms with E-state index in [-0.39, 0.29) is 6.04 Å². The summed E-state index contributed by atoms with van der Waals surface area (Å²) in [4.78, 5) is 8.22. The molecule has 0 aromatic carbocycles. The number of nitrogens with two attached hydrogens (primary N) is 1. The van der Waals surface area contributed by atoms with Crippen LogP contribution in [-0.2, 0) is 6.42 Å². The van der Waals surface area contributed by atoms with Crippen molar-refractivity contribution in [3.63, 3.8) is 0 Å². The zero-order valence-electron chi connectivity index (χ0n) is 8.13. The van der Waals surface area contributed by atoms with E-state index in [0.717, 1.165) is 12.1 Å². The fraction of sp³-hybridized carbons (Fsp3) is 0.200. The lowest BCUT2D eigenvalue weighted by atomic mass is 10.1. The molecule has 2 rings (SSSR count). The Balaban J connectivity index is 2.10. The fourth-order valence-corrected chi connectivity index (χ4v) is 2.01. The molecule has 1 unspecified atom stereocenters. The maximum Gasteiger partial charge on any atom is 0.0795 e. The minimum Gasteiger partial charge on any atom is -0.271 e. The van der Waals surface area contributed by atoms with Crippen LogP contribution in [0.2, 0.25) is 0 Å². The maximum absolute atomic E-state index is 5.51. The lowest BCUT2D eigenvalue weighted by Crippen LogP contribution is -2.29. The molecular formula is C10H12N4S. The summed E-state index contributed by atoms with van der Waals surface area (Å²) in [6.45, 7) is 0. The van der Waals surface area contributed by atoms with Gasteiger partial charge < -0.3 is 0 Å². The maximum atomic E-state index is 5.51. The Morgan fingerprint density at radius 1 is 1.40 bits per heavy atom. The molecule has 0 amide bonds. The highest BCUT2D eigenvalue weighted by Crippen LogP contribution is 2.16. The van der Waals surface area contributed by atoms with Crippen LogP contribution in [0.4, 0.5) is 0 Å². The first-order valence-electron chi connectivity index (χ1n) is 4.63. The van der Waals surface area contributed by atoms with Crippen LogP contribution in [-0.4, -0.2) is 9.97 Å². The molecule has 0 spiro atoms. The molecule has 78 valence electrons. The number of hydrogen-bond donors (Lipinski definition) is 2. The Morgan fingerprint density at radius 2 is 2.20 bits per heavy atom. The smallest absolute Gasteiger partial charge is 0.0795 e. The second-order valence-corrected chi connectivity index (χ2v) is 3.91. The van der Waals surface area contributed by atoms with E-state index in [0.29, 0.717) is 0 Å². The largest absolute Gasteiger partial charge is 0.271 e. The van der Waals surface area contributed by atoms with Gasteiger partial charge in [-0.15, -0.1) is 11.3 Å². The van der Waals surface area contributed by atoms with E-state index >= 15 is 0 Å². The number of nitrogens with one attached hydrogen (secondary N) is 1. The number of pyridine rings is 1. The Hall–Kier alpha value is -1.30. The Bertz CT molecular complexity index is 387. The summed E-state index contributed by atoms with van der Waals surface area (Å²) in [7, 11) is 0. The molecule has 0 saturated carbocycles. The van der Waals surface area contributed by atoms with Crippen molar-refractivity contribution in [1.29, 1.82) is 0 Å². The normalized spacial score (nSPS) is 12.6. The number of hydrogen-bond acceptors (Lipinski definition) is 5. The van der Waals surface area contributed by atoms with E-state index in [9.17, 15) is 0 Å². The number of aromatic nitrogens is 2. The first-order valence-corrected chi connectivity index (χ1v) is 5.57. The van der Waals surface area contributed by atoms with Crippen LogP contribution < -0.4 is 11.3 Å². The number of rotatable bonds is 4. The molecule has 0 aliphatic heterocycles. The summed E-state index contributed by atoms with van der Waals surface area (Å²) in [5.74, 6) is 5.51. The van der Waals surface area contributed by atoms with E-state index < -0.39 is 0 Å². The standard InChI is InChI=1S/C10H12N4S/c11-14-9(10-6-15-7-13-10)5-8-1-3-12-4-2-8/h1-4,6-7,9,14H,5,11H2. The van der Waals surface area contributed by atoms with Gasteiger partial charge in [-0.1, -0.05) is 0 Å². The van der Waals surface area contributed by atoms with Gasteiger partial charge in [0.1, 0.15) is 0 Å². The minimum absolute atomic E-state index is 0.0682. The Labute approximate surface area is 92.2 Å². The van der Waals surface area contributed by atoms with Crippen LogP contribution in [0.5, 0.6) is 0 Å². The number of thiazole rings is 1. The minimum atomic E-state index is 0.0682. The highest BCUT2D eigenvalue weighted by atomic mass is 32.1. The third-order valence-corrected chi connectivity index (χ3v) is 2.80. The Kier molecular flexibility index (Phi) is 3.39. The van der Waals surface area contributed by atoms with Gasteiger partial charge in [0, 0.05) is 17.8 Å². The summed E-state index contributed by atoms with van der Waals surface area (Å²) >= 11 is 1.57. The molecule has 0 bridgehead atoms. The second kappa shape index (κ2) is 4.97. The van der Waals surface area contributed by atoms with Gasteiger partial charge in [-0.25, -0.2) is 4.98 Å². The van der Waals surface area contributed by atoms with Gasteiger partial charge in [0.15, 0.2) is 0 Å². The molecule has 0 fully saturated rings. The van der Waals surface area contributed by atoms with Gasteiger partial charge in [0.05, 0.1) is 17.2 Å². The van der Waals surface area contributed by atoms with Crippen molar-refractivity contribution in [2.75, 3.05) is 0 Å². The van der Waals surface area contributed by atoms with Crippen molar-refractivity contribution >= 4 is 11.3 Å². The zero-order chi connectivity index (χ0) is 10.5. The zero-order valence-corrected chi connectivity index (χ0v) is 8.95. The lowest BCUT2D eigenvalue weighted by Gasteiger charge is -2.12. The average molecular weight is 220 g/mol. The van der Waals surface area contributed by atoms with Crippen molar-refractivity contribution in [3.05, 3.63) is 46.7 Å². The van der Waals surface area contributed by atoms with E-state index in [1.807, 2.05) is 23.0 Å². The molecule has 5 heteroatoms. The molecule has 2 aromatic heterocycles. The monoisotopic (exact) mass is 220 g/mol. The topological polar surface area (TPSA) is 63.8 Å². The predicted octanol–water partition coefficient (Wildman–Crippen LogP) is 1.29. The molecule has 2 heterocycles. The molecule has 15 heavy (non-hydrogen) atoms. The van der Waals surface area contributed by atoms with E-state index in [1.54, 1.807) is 23.7 Å². The number of hydrazine groups is 1. The van der Waals surface area contributed by atoms with E-state index in [1.165, 1.54) is 5.56 Å². The molecule has 3 N–H and O–H groups in total. The molecule has 0 aliphatic carbocycles. The summed E-state index contributed by atoms with van der Waals surface area (Å²) in [5.41, 5.74) is 6.77. The molecule has 4 nitrogen and oxygen atoms in total. The van der Waals surface area contributed by atoms with Crippen molar-refractivity contribution in [2.45, 2.75) is 12.5 Å². The van der Waals surface area contributed by atoms with Gasteiger partial charge in [0.2, 0.25) is 0 Å². The first kappa shape index (κ1) is 10.2. The summed E-state index contributed by atoms with van der Waals surface area (Å²) in [6.07, 6.45) is 4.39. The highest BCUT2D eigenvalue weighted by molar-refractivity contribution is 7.07. The summed E-state index contributed by atoms with van der Waals surface area (Å²) in [5, 5.41) is 2.01. The van der Waals surface area contributed by atoms with Crippen LogP contribution in [0.25, 0.3) is 0 Å². The second-order valence-electron chi connectivity index (χ2n) is 3.19. The van der Waals surface area contributed by atoms with E-state index in [4.69, 9.17) is 5.84 Å². The summed E-state index contributed by atoms with van der Waals surface area (Å²) in [6, 6.07) is 4.03. The van der Waals surface area contributed by atoms with Gasteiger partial charge in [-0.3, -0.25) is 16.3 Å². The molecule has 0 saturated heterocycles. The third kappa shape index (κ3) is 2.59. The highest BCUT2D eigenvalue weighted by Gasteiger charge is 2.11. The quantitative estimate of drug-likeness (QED) is 0.602. The third-order valence-electron chi connectivity index (χ3n) is 2.20. The van der Waals surface area contributed by atoms with Gasteiger partial charge in [0.25, 0.3) is 0 Å². The van der Waals surface area contributed by atoms with Crippen LogP contribution >= 0.6 is 11.3 Å². The van der Waals surface area contributed by atoms with E-state index in [2.05, 4.69) is 15.4 Å². The van der Waals surface area contributed by atoms with Crippen molar-refractivity contribution in [3.8, 4) is 0 Å². The van der Waals surface area contributed by atoms with Crippen molar-refractivity contribution in [1.82, 2.24) is 15.4 Å². The Morgan fingerprint density at radius 3 is 2.80 bits per heavy atom. The van der Waals surface area contributed by atoms with Crippen LogP contribution in [0.3, 0.4) is 0 Å². The fourth-order valence-electron chi connectivity index (χ4n) is 1.40. The molecule has 1 atom stereocenters. The summed E-state index contributed by atoms with van der Waals surface area (Å²) < 4.78 is 0. The van der Waals surface area contributed by atoms with Gasteiger partial charge >= 0.3 is 0 Å². The molecular weight excluding hydrogens is 208 g/mol.